The zero-order chi connectivity index (χ0) is 28.7. The second kappa shape index (κ2) is 12.1. The summed E-state index contributed by atoms with van der Waals surface area (Å²) in [6, 6.07) is 11.6. The molecule has 2 aromatic carbocycles. The van der Waals surface area contributed by atoms with Crippen LogP contribution in [-0.4, -0.2) is 50.2 Å². The van der Waals surface area contributed by atoms with E-state index in [-0.39, 0.29) is 29.6 Å². The first-order valence-electron chi connectivity index (χ1n) is 10.3. The van der Waals surface area contributed by atoms with Crippen LogP contribution in [0.15, 0.2) is 59.5 Å². The molecule has 0 aliphatic carbocycles. The standard InChI is InChI=1S/C20H19F3N4O3S.C2HF3O2/c1-24-18(28)12-25-11-15-8-5-13-3-2-4-17(19(13)26-15)27-31(29,30)16-9-6-14(7-10-16)20(21,22)23;3-2(4,5)1(6)7/h2-10,25,27H,11-12H2,1H3,(H,24,28);(H,6,7). The molecule has 0 aliphatic heterocycles. The number of anilines is 1. The summed E-state index contributed by atoms with van der Waals surface area (Å²) in [7, 11) is -2.62. The number of carbonyl (C=O) groups is 2. The predicted octanol–water partition coefficient (Wildman–Crippen LogP) is 3.52. The molecule has 16 heteroatoms. The van der Waals surface area contributed by atoms with Crippen LogP contribution in [0.2, 0.25) is 0 Å². The number of hydrogen-bond acceptors (Lipinski definition) is 6. The number of alkyl halides is 6. The Morgan fingerprint density at radius 1 is 0.947 bits per heavy atom. The second-order valence-electron chi connectivity index (χ2n) is 7.39. The van der Waals surface area contributed by atoms with Crippen molar-refractivity contribution in [3.8, 4) is 0 Å². The first kappa shape index (κ1) is 30.3. The first-order chi connectivity index (χ1) is 17.5. The Hall–Kier alpha value is -3.92. The van der Waals surface area contributed by atoms with E-state index in [0.29, 0.717) is 28.7 Å². The van der Waals surface area contributed by atoms with Crippen LogP contribution in [0.25, 0.3) is 10.9 Å². The molecule has 0 spiro atoms. The lowest BCUT2D eigenvalue weighted by Crippen LogP contribution is -2.31. The highest BCUT2D eigenvalue weighted by Crippen LogP contribution is 2.30. The van der Waals surface area contributed by atoms with Gasteiger partial charge in [0.05, 0.1) is 33.9 Å². The number of nitrogens with one attached hydrogen (secondary N) is 3. The normalized spacial score (nSPS) is 11.9. The number of para-hydroxylation sites is 1. The summed E-state index contributed by atoms with van der Waals surface area (Å²) in [4.78, 5) is 24.3. The van der Waals surface area contributed by atoms with E-state index < -0.39 is 33.9 Å². The first-order valence-corrected chi connectivity index (χ1v) is 11.8. The number of aromatic nitrogens is 1. The van der Waals surface area contributed by atoms with Crippen molar-refractivity contribution in [2.75, 3.05) is 18.3 Å². The minimum atomic E-state index is -5.08. The second-order valence-corrected chi connectivity index (χ2v) is 9.07. The third-order valence-electron chi connectivity index (χ3n) is 4.63. The SMILES string of the molecule is CNC(=O)CNCc1ccc2cccc(NS(=O)(=O)c3ccc(C(F)(F)F)cc3)c2n1.O=C(O)C(F)(F)F. The van der Waals surface area contributed by atoms with Crippen LogP contribution >= 0.6 is 0 Å². The number of halogens is 6. The quantitative estimate of drug-likeness (QED) is 0.321. The monoisotopic (exact) mass is 566 g/mol. The molecule has 0 fully saturated rings. The molecule has 0 radical (unpaired) electrons. The lowest BCUT2D eigenvalue weighted by atomic mass is 10.2. The van der Waals surface area contributed by atoms with Gasteiger partial charge >= 0.3 is 18.3 Å². The van der Waals surface area contributed by atoms with Gasteiger partial charge in [-0.2, -0.15) is 26.3 Å². The molecular formula is C22H20F6N4O5S. The van der Waals surface area contributed by atoms with Gasteiger partial charge in [-0.25, -0.2) is 18.2 Å². The van der Waals surface area contributed by atoms with Crippen molar-refractivity contribution in [1.82, 2.24) is 15.6 Å². The minimum Gasteiger partial charge on any atom is -0.475 e. The summed E-state index contributed by atoms with van der Waals surface area (Å²) in [6.45, 7) is 0.377. The summed E-state index contributed by atoms with van der Waals surface area (Å²) in [5.74, 6) is -2.95. The maximum absolute atomic E-state index is 12.7. The minimum absolute atomic E-state index is 0.0956. The van der Waals surface area contributed by atoms with Gasteiger partial charge in [0.2, 0.25) is 5.91 Å². The van der Waals surface area contributed by atoms with E-state index in [1.807, 2.05) is 0 Å². The number of rotatable bonds is 7. The smallest absolute Gasteiger partial charge is 0.475 e. The van der Waals surface area contributed by atoms with E-state index in [0.717, 1.165) is 12.1 Å². The van der Waals surface area contributed by atoms with Crippen molar-refractivity contribution < 1.29 is 49.5 Å². The Morgan fingerprint density at radius 2 is 1.55 bits per heavy atom. The van der Waals surface area contributed by atoms with Crippen molar-refractivity contribution in [1.29, 1.82) is 0 Å². The van der Waals surface area contributed by atoms with Gasteiger partial charge in [0.15, 0.2) is 0 Å². The van der Waals surface area contributed by atoms with Crippen molar-refractivity contribution in [3.63, 3.8) is 0 Å². The number of nitrogens with zero attached hydrogens (tertiary/aromatic N) is 1. The number of benzene rings is 2. The molecule has 206 valence electrons. The Kier molecular flexibility index (Phi) is 9.64. The number of sulfonamides is 1. The van der Waals surface area contributed by atoms with Crippen LogP contribution in [0.3, 0.4) is 0 Å². The molecule has 4 N–H and O–H groups in total. The number of likely N-dealkylation sites (N-methyl/N-ethyl adjacent to an activating group) is 1. The maximum Gasteiger partial charge on any atom is 0.490 e. The summed E-state index contributed by atoms with van der Waals surface area (Å²) in [5, 5.41) is 13.2. The summed E-state index contributed by atoms with van der Waals surface area (Å²) < 4.78 is 97.7. The fraction of sp³-hybridized carbons (Fsp3) is 0.227. The lowest BCUT2D eigenvalue weighted by molar-refractivity contribution is -0.192. The van der Waals surface area contributed by atoms with Crippen LogP contribution in [-0.2, 0) is 32.3 Å². The van der Waals surface area contributed by atoms with E-state index in [4.69, 9.17) is 9.90 Å². The number of hydrogen-bond donors (Lipinski definition) is 4. The molecule has 0 saturated carbocycles. The van der Waals surface area contributed by atoms with Crippen LogP contribution < -0.4 is 15.4 Å². The van der Waals surface area contributed by atoms with Gasteiger partial charge in [-0.1, -0.05) is 18.2 Å². The number of carboxylic acid groups (broad SMARTS) is 1. The predicted molar refractivity (Wildman–Crippen MR) is 123 cm³/mol. The third kappa shape index (κ3) is 8.58. The van der Waals surface area contributed by atoms with Gasteiger partial charge in [0, 0.05) is 19.0 Å². The largest absolute Gasteiger partial charge is 0.490 e. The number of aliphatic carboxylic acids is 1. The van der Waals surface area contributed by atoms with E-state index in [1.165, 1.54) is 13.1 Å². The van der Waals surface area contributed by atoms with E-state index in [2.05, 4.69) is 20.3 Å². The van der Waals surface area contributed by atoms with Gasteiger partial charge in [-0.3, -0.25) is 9.52 Å². The van der Waals surface area contributed by atoms with Gasteiger partial charge in [-0.15, -0.1) is 0 Å². The molecule has 0 unspecified atom stereocenters. The van der Waals surface area contributed by atoms with Crippen molar-refractivity contribution in [2.24, 2.45) is 0 Å². The Morgan fingerprint density at radius 3 is 2.08 bits per heavy atom. The van der Waals surface area contributed by atoms with Gasteiger partial charge in [-0.05, 0) is 36.4 Å². The maximum atomic E-state index is 12.7. The average molecular weight is 566 g/mol. The molecule has 0 aliphatic rings. The topological polar surface area (TPSA) is 137 Å². The third-order valence-corrected chi connectivity index (χ3v) is 6.01. The molecule has 9 nitrogen and oxygen atoms in total. The zero-order valence-electron chi connectivity index (χ0n) is 19.3. The van der Waals surface area contributed by atoms with Crippen LogP contribution in [0.1, 0.15) is 11.3 Å². The molecule has 38 heavy (non-hydrogen) atoms. The Balaban J connectivity index is 0.000000638. The molecule has 1 amide bonds. The summed E-state index contributed by atoms with van der Waals surface area (Å²) >= 11 is 0. The number of amides is 1. The summed E-state index contributed by atoms with van der Waals surface area (Å²) in [6.07, 6.45) is -9.64. The van der Waals surface area contributed by atoms with Crippen molar-refractivity contribution in [2.45, 2.75) is 23.8 Å². The summed E-state index contributed by atoms with van der Waals surface area (Å²) in [5.41, 5.74) is 0.201. The molecule has 0 bridgehead atoms. The number of pyridine rings is 1. The molecule has 1 heterocycles. The number of carbonyl (C=O) groups excluding carboxylic acids is 1. The van der Waals surface area contributed by atoms with Crippen LogP contribution in [0, 0.1) is 0 Å². The number of carboxylic acids is 1. The molecule has 0 saturated heterocycles. The van der Waals surface area contributed by atoms with Crippen LogP contribution in [0.5, 0.6) is 0 Å². The Labute approximate surface area is 211 Å². The highest BCUT2D eigenvalue weighted by molar-refractivity contribution is 7.92. The number of fused-ring (bicyclic) bond motifs is 1. The molecular weight excluding hydrogens is 546 g/mol. The fourth-order valence-electron chi connectivity index (χ4n) is 2.79. The van der Waals surface area contributed by atoms with Crippen molar-refractivity contribution in [3.05, 3.63) is 65.9 Å². The van der Waals surface area contributed by atoms with E-state index in [9.17, 15) is 39.6 Å². The fourth-order valence-corrected chi connectivity index (χ4v) is 3.85. The van der Waals surface area contributed by atoms with Gasteiger partial charge in [0.1, 0.15) is 0 Å². The highest BCUT2D eigenvalue weighted by atomic mass is 32.2. The van der Waals surface area contributed by atoms with Crippen molar-refractivity contribution >= 4 is 38.5 Å². The molecule has 3 rings (SSSR count). The molecule has 0 atom stereocenters. The lowest BCUT2D eigenvalue weighted by Gasteiger charge is -2.12. The van der Waals surface area contributed by atoms with Gasteiger partial charge < -0.3 is 15.7 Å². The Bertz CT molecular complexity index is 1390. The van der Waals surface area contributed by atoms with Crippen LogP contribution in [0.4, 0.5) is 32.0 Å². The van der Waals surface area contributed by atoms with E-state index >= 15 is 0 Å². The highest BCUT2D eigenvalue weighted by Gasteiger charge is 2.38. The zero-order valence-corrected chi connectivity index (χ0v) is 20.1. The molecule has 1 aromatic heterocycles. The average Bonchev–Trinajstić information content (AvgIpc) is 2.83. The van der Waals surface area contributed by atoms with E-state index in [1.54, 1.807) is 24.3 Å². The van der Waals surface area contributed by atoms with Gasteiger partial charge in [0.25, 0.3) is 10.0 Å². The molecule has 3 aromatic rings.